The zero-order valence-electron chi connectivity index (χ0n) is 12.6. The first-order chi connectivity index (χ1) is 12.2. The molecule has 2 aromatic rings. The molecule has 1 aliphatic rings. The van der Waals surface area contributed by atoms with Crippen LogP contribution < -0.4 is 10.4 Å². The molecule has 1 fully saturated rings. The Morgan fingerprint density at radius 2 is 1.96 bits per heavy atom. The van der Waals surface area contributed by atoms with Gasteiger partial charge in [-0.05, 0) is 24.3 Å². The van der Waals surface area contributed by atoms with Gasteiger partial charge in [-0.3, -0.25) is 25.1 Å². The molecule has 7 nitrogen and oxygen atoms in total. The van der Waals surface area contributed by atoms with Crippen molar-refractivity contribution in [2.75, 3.05) is 5.01 Å². The standard InChI is InChI=1S/C15H8F3N3O4S/c16-15(17,18)8-2-1-3-9(4-8)20-14(23)12(13(22)19-20)6-11-5-10(7-26-11)21(24)25/h1-7H,(H,19,22)/b12-6+. The maximum Gasteiger partial charge on any atom is 0.416 e. The van der Waals surface area contributed by atoms with Crippen LogP contribution in [0, 0.1) is 10.1 Å². The molecule has 26 heavy (non-hydrogen) atoms. The molecular weight excluding hydrogens is 375 g/mol. The zero-order chi connectivity index (χ0) is 19.1. The molecular formula is C15H8F3N3O4S. The highest BCUT2D eigenvalue weighted by molar-refractivity contribution is 7.11. The molecule has 1 aromatic heterocycles. The van der Waals surface area contributed by atoms with Crippen LogP contribution in [0.15, 0.2) is 41.3 Å². The average molecular weight is 383 g/mol. The Morgan fingerprint density at radius 1 is 1.23 bits per heavy atom. The summed E-state index contributed by atoms with van der Waals surface area (Å²) in [5.41, 5.74) is 0.529. The van der Waals surface area contributed by atoms with Crippen LogP contribution in [0.2, 0.25) is 0 Å². The van der Waals surface area contributed by atoms with E-state index in [-0.39, 0.29) is 16.9 Å². The van der Waals surface area contributed by atoms with Crippen molar-refractivity contribution in [1.29, 1.82) is 0 Å². The van der Waals surface area contributed by atoms with Crippen molar-refractivity contribution in [1.82, 2.24) is 5.43 Å². The van der Waals surface area contributed by atoms with Crippen LogP contribution in [-0.4, -0.2) is 16.7 Å². The summed E-state index contributed by atoms with van der Waals surface area (Å²) in [7, 11) is 0. The third kappa shape index (κ3) is 3.28. The van der Waals surface area contributed by atoms with Crippen molar-refractivity contribution in [3.8, 4) is 0 Å². The van der Waals surface area contributed by atoms with E-state index in [1.165, 1.54) is 17.5 Å². The Hall–Kier alpha value is -3.21. The number of anilines is 1. The van der Waals surface area contributed by atoms with Gasteiger partial charge in [0.15, 0.2) is 0 Å². The van der Waals surface area contributed by atoms with E-state index in [4.69, 9.17) is 0 Å². The van der Waals surface area contributed by atoms with E-state index in [9.17, 15) is 32.9 Å². The highest BCUT2D eigenvalue weighted by Crippen LogP contribution is 2.32. The predicted molar refractivity (Wildman–Crippen MR) is 86.0 cm³/mol. The lowest BCUT2D eigenvalue weighted by Gasteiger charge is -2.16. The van der Waals surface area contributed by atoms with E-state index >= 15 is 0 Å². The molecule has 1 aliphatic heterocycles. The number of nitrogens with zero attached hydrogens (tertiary/aromatic N) is 2. The number of thiophene rings is 1. The highest BCUT2D eigenvalue weighted by Gasteiger charge is 2.36. The number of halogens is 3. The molecule has 0 atom stereocenters. The molecule has 1 aromatic carbocycles. The van der Waals surface area contributed by atoms with Crippen molar-refractivity contribution in [2.24, 2.45) is 0 Å². The van der Waals surface area contributed by atoms with Gasteiger partial charge in [0, 0.05) is 10.9 Å². The number of nitrogens with one attached hydrogen (secondary N) is 1. The van der Waals surface area contributed by atoms with Crippen molar-refractivity contribution in [3.63, 3.8) is 0 Å². The number of nitro groups is 1. The summed E-state index contributed by atoms with van der Waals surface area (Å²) in [6.07, 6.45) is -3.44. The van der Waals surface area contributed by atoms with E-state index in [0.717, 1.165) is 35.6 Å². The van der Waals surface area contributed by atoms with Gasteiger partial charge in [-0.1, -0.05) is 6.07 Å². The molecule has 11 heteroatoms. The lowest BCUT2D eigenvalue weighted by Crippen LogP contribution is -2.35. The smallest absolute Gasteiger partial charge is 0.267 e. The first kappa shape index (κ1) is 17.6. The molecule has 0 radical (unpaired) electrons. The fraction of sp³-hybridized carbons (Fsp3) is 0.0667. The topological polar surface area (TPSA) is 92.6 Å². The lowest BCUT2D eigenvalue weighted by molar-refractivity contribution is -0.384. The summed E-state index contributed by atoms with van der Waals surface area (Å²) in [5.74, 6) is -1.67. The minimum absolute atomic E-state index is 0.154. The third-order valence-corrected chi connectivity index (χ3v) is 4.29. The van der Waals surface area contributed by atoms with E-state index in [0.29, 0.717) is 9.89 Å². The van der Waals surface area contributed by atoms with Crippen molar-refractivity contribution >= 4 is 40.6 Å². The fourth-order valence-electron chi connectivity index (χ4n) is 2.22. The molecule has 1 saturated heterocycles. The highest BCUT2D eigenvalue weighted by atomic mass is 32.1. The molecule has 0 aliphatic carbocycles. The molecule has 0 spiro atoms. The number of hydrazine groups is 1. The van der Waals surface area contributed by atoms with Gasteiger partial charge in [0.25, 0.3) is 17.5 Å². The minimum Gasteiger partial charge on any atom is -0.267 e. The van der Waals surface area contributed by atoms with Gasteiger partial charge in [-0.25, -0.2) is 5.01 Å². The van der Waals surface area contributed by atoms with Crippen LogP contribution >= 0.6 is 11.3 Å². The molecule has 0 unspecified atom stereocenters. The molecule has 3 rings (SSSR count). The minimum atomic E-state index is -4.60. The van der Waals surface area contributed by atoms with Crippen molar-refractivity contribution in [3.05, 3.63) is 61.8 Å². The number of hydrogen-bond acceptors (Lipinski definition) is 5. The van der Waals surface area contributed by atoms with Crippen LogP contribution in [0.25, 0.3) is 6.08 Å². The molecule has 2 heterocycles. The number of amides is 2. The number of rotatable bonds is 3. The van der Waals surface area contributed by atoms with Crippen molar-refractivity contribution in [2.45, 2.75) is 6.18 Å². The largest absolute Gasteiger partial charge is 0.416 e. The summed E-state index contributed by atoms with van der Waals surface area (Å²) in [5, 5.41) is 12.6. The van der Waals surface area contributed by atoms with Crippen molar-refractivity contribution < 1.29 is 27.7 Å². The fourth-order valence-corrected chi connectivity index (χ4v) is 3.00. The number of hydrogen-bond donors (Lipinski definition) is 1. The van der Waals surface area contributed by atoms with Gasteiger partial charge in [0.2, 0.25) is 0 Å². The maximum atomic E-state index is 12.8. The van der Waals surface area contributed by atoms with E-state index in [1.54, 1.807) is 0 Å². The van der Waals surface area contributed by atoms with Gasteiger partial charge in [-0.2, -0.15) is 13.2 Å². The summed E-state index contributed by atoms with van der Waals surface area (Å²) in [6, 6.07) is 5.12. The van der Waals surface area contributed by atoms with Crippen LogP contribution in [-0.2, 0) is 15.8 Å². The quantitative estimate of drug-likeness (QED) is 0.381. The summed E-state index contributed by atoms with van der Waals surface area (Å²) in [6.45, 7) is 0. The molecule has 134 valence electrons. The number of carbonyl (C=O) groups excluding carboxylic acids is 2. The van der Waals surface area contributed by atoms with Gasteiger partial charge in [-0.15, -0.1) is 11.3 Å². The van der Waals surface area contributed by atoms with Gasteiger partial charge < -0.3 is 0 Å². The van der Waals surface area contributed by atoms with Gasteiger partial charge >= 0.3 is 6.18 Å². The van der Waals surface area contributed by atoms with E-state index in [2.05, 4.69) is 5.43 Å². The SMILES string of the molecule is O=C1NN(c2cccc(C(F)(F)F)c2)C(=O)/C1=C/c1cc([N+](=O)[O-])cs1. The van der Waals surface area contributed by atoms with Crippen LogP contribution in [0.5, 0.6) is 0 Å². The summed E-state index contributed by atoms with van der Waals surface area (Å²) in [4.78, 5) is 34.7. The Bertz CT molecular complexity index is 952. The number of carbonyl (C=O) groups is 2. The Balaban J connectivity index is 1.92. The zero-order valence-corrected chi connectivity index (χ0v) is 13.4. The maximum absolute atomic E-state index is 12.8. The van der Waals surface area contributed by atoms with Crippen LogP contribution in [0.4, 0.5) is 24.5 Å². The normalized spacial score (nSPS) is 16.3. The van der Waals surface area contributed by atoms with E-state index < -0.39 is 28.5 Å². The average Bonchev–Trinajstić information content (AvgIpc) is 3.15. The van der Waals surface area contributed by atoms with E-state index in [1.807, 2.05) is 0 Å². The first-order valence-electron chi connectivity index (χ1n) is 6.94. The summed E-state index contributed by atoms with van der Waals surface area (Å²) < 4.78 is 38.4. The van der Waals surface area contributed by atoms with Crippen LogP contribution in [0.3, 0.4) is 0 Å². The van der Waals surface area contributed by atoms with Gasteiger partial charge in [0.1, 0.15) is 5.57 Å². The lowest BCUT2D eigenvalue weighted by atomic mass is 10.1. The number of alkyl halides is 3. The Kier molecular flexibility index (Phi) is 4.24. The van der Waals surface area contributed by atoms with Gasteiger partial charge in [0.05, 0.1) is 21.6 Å². The summed E-state index contributed by atoms with van der Waals surface area (Å²) >= 11 is 0.954. The Labute approximate surface area is 147 Å². The third-order valence-electron chi connectivity index (χ3n) is 3.43. The molecule has 0 bridgehead atoms. The van der Waals surface area contributed by atoms with Crippen LogP contribution in [0.1, 0.15) is 10.4 Å². The second-order valence-electron chi connectivity index (χ2n) is 5.15. The monoisotopic (exact) mass is 383 g/mol. The number of benzene rings is 1. The molecule has 2 amide bonds. The first-order valence-corrected chi connectivity index (χ1v) is 7.82. The second kappa shape index (κ2) is 6.26. The molecule has 1 N–H and O–H groups in total. The predicted octanol–water partition coefficient (Wildman–Crippen LogP) is 3.14. The Morgan fingerprint density at radius 3 is 2.58 bits per heavy atom. The molecule has 0 saturated carbocycles. The second-order valence-corrected chi connectivity index (χ2v) is 6.09.